The van der Waals surface area contributed by atoms with Crippen LogP contribution in [0, 0.1) is 0 Å². The predicted molar refractivity (Wildman–Crippen MR) is 68.3 cm³/mol. The summed E-state index contributed by atoms with van der Waals surface area (Å²) in [6, 6.07) is 8.50. The lowest BCUT2D eigenvalue weighted by Crippen LogP contribution is -2.14. The molecule has 1 aromatic rings. The Hall–Kier alpha value is -1.12. The first-order chi connectivity index (χ1) is 7.86. The Morgan fingerprint density at radius 1 is 1.31 bits per heavy atom. The number of rotatable bonds is 7. The van der Waals surface area contributed by atoms with Gasteiger partial charge in [0.15, 0.2) is 0 Å². The molecule has 0 bridgehead atoms. The molecule has 2 heteroatoms. The van der Waals surface area contributed by atoms with Gasteiger partial charge >= 0.3 is 0 Å². The standard InChI is InChI=1S/C14H21NO/c1-3-4-5-9-15-11-13-7-6-8-14(10-13)12-16-2/h3-4,6-8,10,15H,5,9,11-12H2,1-2H3/b4-3+. The molecule has 0 aromatic heterocycles. The fraction of sp³-hybridized carbons (Fsp3) is 0.429. The van der Waals surface area contributed by atoms with Crippen molar-refractivity contribution >= 4 is 0 Å². The van der Waals surface area contributed by atoms with Crippen molar-refractivity contribution < 1.29 is 4.74 Å². The van der Waals surface area contributed by atoms with E-state index in [0.29, 0.717) is 6.61 Å². The first kappa shape index (κ1) is 12.9. The zero-order valence-corrected chi connectivity index (χ0v) is 10.2. The maximum Gasteiger partial charge on any atom is 0.0713 e. The van der Waals surface area contributed by atoms with E-state index in [4.69, 9.17) is 4.74 Å². The number of allylic oxidation sites excluding steroid dienone is 1. The monoisotopic (exact) mass is 219 g/mol. The Morgan fingerprint density at radius 3 is 2.88 bits per heavy atom. The van der Waals surface area contributed by atoms with Crippen molar-refractivity contribution in [1.82, 2.24) is 5.32 Å². The van der Waals surface area contributed by atoms with Gasteiger partial charge < -0.3 is 10.1 Å². The summed E-state index contributed by atoms with van der Waals surface area (Å²) < 4.78 is 5.11. The van der Waals surface area contributed by atoms with Crippen molar-refractivity contribution in [3.8, 4) is 0 Å². The molecule has 0 aliphatic rings. The number of hydrogen-bond acceptors (Lipinski definition) is 2. The van der Waals surface area contributed by atoms with Crippen LogP contribution in [0.3, 0.4) is 0 Å². The van der Waals surface area contributed by atoms with E-state index < -0.39 is 0 Å². The van der Waals surface area contributed by atoms with Gasteiger partial charge in [-0.1, -0.05) is 36.4 Å². The van der Waals surface area contributed by atoms with E-state index >= 15 is 0 Å². The molecule has 0 fully saturated rings. The summed E-state index contributed by atoms with van der Waals surface area (Å²) in [6.45, 7) is 4.69. The maximum atomic E-state index is 5.11. The van der Waals surface area contributed by atoms with E-state index in [9.17, 15) is 0 Å². The second-order valence-corrected chi connectivity index (χ2v) is 3.79. The van der Waals surface area contributed by atoms with E-state index in [2.05, 4.69) is 41.7 Å². The van der Waals surface area contributed by atoms with Gasteiger partial charge in [-0.15, -0.1) is 0 Å². The molecule has 0 spiro atoms. The molecule has 0 saturated heterocycles. The van der Waals surface area contributed by atoms with Gasteiger partial charge in [-0.05, 0) is 31.0 Å². The van der Waals surface area contributed by atoms with Crippen molar-refractivity contribution in [3.63, 3.8) is 0 Å². The van der Waals surface area contributed by atoms with Crippen molar-refractivity contribution in [2.75, 3.05) is 13.7 Å². The lowest BCUT2D eigenvalue weighted by Gasteiger charge is -2.05. The highest BCUT2D eigenvalue weighted by Gasteiger charge is 1.95. The predicted octanol–water partition coefficient (Wildman–Crippen LogP) is 2.89. The highest BCUT2D eigenvalue weighted by atomic mass is 16.5. The second kappa shape index (κ2) is 8.08. The number of benzene rings is 1. The van der Waals surface area contributed by atoms with Crippen LogP contribution in [-0.4, -0.2) is 13.7 Å². The number of ether oxygens (including phenoxy) is 1. The Balaban J connectivity index is 2.32. The first-order valence-electron chi connectivity index (χ1n) is 5.75. The SMILES string of the molecule is C/C=C/CCNCc1cccc(COC)c1. The van der Waals surface area contributed by atoms with Gasteiger partial charge in [0.05, 0.1) is 6.61 Å². The summed E-state index contributed by atoms with van der Waals surface area (Å²) in [4.78, 5) is 0. The molecular weight excluding hydrogens is 198 g/mol. The van der Waals surface area contributed by atoms with E-state index in [1.165, 1.54) is 11.1 Å². The lowest BCUT2D eigenvalue weighted by atomic mass is 10.1. The third-order valence-corrected chi connectivity index (χ3v) is 2.36. The maximum absolute atomic E-state index is 5.11. The largest absolute Gasteiger partial charge is 0.380 e. The molecule has 0 atom stereocenters. The first-order valence-corrected chi connectivity index (χ1v) is 5.75. The molecule has 0 heterocycles. The van der Waals surface area contributed by atoms with Gasteiger partial charge in [0.25, 0.3) is 0 Å². The van der Waals surface area contributed by atoms with Crippen LogP contribution in [0.15, 0.2) is 36.4 Å². The average molecular weight is 219 g/mol. The van der Waals surface area contributed by atoms with Crippen LogP contribution in [0.2, 0.25) is 0 Å². The van der Waals surface area contributed by atoms with E-state index in [1.807, 2.05) is 6.92 Å². The Labute approximate surface area is 98.3 Å². The van der Waals surface area contributed by atoms with Crippen molar-refractivity contribution in [2.45, 2.75) is 26.5 Å². The number of nitrogens with one attached hydrogen (secondary N) is 1. The topological polar surface area (TPSA) is 21.3 Å². The molecule has 1 aromatic carbocycles. The number of methoxy groups -OCH3 is 1. The van der Waals surface area contributed by atoms with Gasteiger partial charge in [-0.25, -0.2) is 0 Å². The van der Waals surface area contributed by atoms with Crippen LogP contribution in [0.1, 0.15) is 24.5 Å². The van der Waals surface area contributed by atoms with E-state index in [1.54, 1.807) is 7.11 Å². The second-order valence-electron chi connectivity index (χ2n) is 3.79. The summed E-state index contributed by atoms with van der Waals surface area (Å²) in [5, 5.41) is 3.41. The number of hydrogen-bond donors (Lipinski definition) is 1. The van der Waals surface area contributed by atoms with Crippen molar-refractivity contribution in [2.24, 2.45) is 0 Å². The van der Waals surface area contributed by atoms with Gasteiger partial charge in [0.2, 0.25) is 0 Å². The molecule has 1 rings (SSSR count). The summed E-state index contributed by atoms with van der Waals surface area (Å²) in [7, 11) is 1.72. The smallest absolute Gasteiger partial charge is 0.0713 e. The molecule has 0 amide bonds. The van der Waals surface area contributed by atoms with E-state index in [-0.39, 0.29) is 0 Å². The zero-order chi connectivity index (χ0) is 11.6. The van der Waals surface area contributed by atoms with Gasteiger partial charge in [-0.3, -0.25) is 0 Å². The fourth-order valence-corrected chi connectivity index (χ4v) is 1.58. The lowest BCUT2D eigenvalue weighted by molar-refractivity contribution is 0.185. The Bertz CT molecular complexity index is 320. The molecule has 0 unspecified atom stereocenters. The Kier molecular flexibility index (Phi) is 6.54. The highest BCUT2D eigenvalue weighted by Crippen LogP contribution is 2.06. The van der Waals surface area contributed by atoms with Crippen LogP contribution in [0.25, 0.3) is 0 Å². The Morgan fingerprint density at radius 2 is 2.12 bits per heavy atom. The molecular formula is C14H21NO. The van der Waals surface area contributed by atoms with Crippen LogP contribution in [-0.2, 0) is 17.9 Å². The van der Waals surface area contributed by atoms with E-state index in [0.717, 1.165) is 19.5 Å². The summed E-state index contributed by atoms with van der Waals surface area (Å²) >= 11 is 0. The highest BCUT2D eigenvalue weighted by molar-refractivity contribution is 5.22. The zero-order valence-electron chi connectivity index (χ0n) is 10.2. The summed E-state index contributed by atoms with van der Waals surface area (Å²) in [5.41, 5.74) is 2.55. The molecule has 0 aliphatic carbocycles. The van der Waals surface area contributed by atoms with Crippen LogP contribution in [0.4, 0.5) is 0 Å². The third-order valence-electron chi connectivity index (χ3n) is 2.36. The third kappa shape index (κ3) is 5.10. The van der Waals surface area contributed by atoms with Crippen LogP contribution >= 0.6 is 0 Å². The van der Waals surface area contributed by atoms with Gasteiger partial charge in [0, 0.05) is 13.7 Å². The van der Waals surface area contributed by atoms with Gasteiger partial charge in [-0.2, -0.15) is 0 Å². The average Bonchev–Trinajstić information content (AvgIpc) is 2.30. The van der Waals surface area contributed by atoms with Crippen LogP contribution < -0.4 is 5.32 Å². The quantitative estimate of drug-likeness (QED) is 0.562. The summed E-state index contributed by atoms with van der Waals surface area (Å²) in [5.74, 6) is 0. The molecule has 1 N–H and O–H groups in total. The molecule has 88 valence electrons. The molecule has 0 aliphatic heterocycles. The minimum atomic E-state index is 0.687. The van der Waals surface area contributed by atoms with Crippen LogP contribution in [0.5, 0.6) is 0 Å². The van der Waals surface area contributed by atoms with Crippen molar-refractivity contribution in [1.29, 1.82) is 0 Å². The summed E-state index contributed by atoms with van der Waals surface area (Å²) in [6.07, 6.45) is 5.35. The minimum absolute atomic E-state index is 0.687. The molecule has 0 radical (unpaired) electrons. The normalized spacial score (nSPS) is 11.1. The fourth-order valence-electron chi connectivity index (χ4n) is 1.58. The molecule has 16 heavy (non-hydrogen) atoms. The minimum Gasteiger partial charge on any atom is -0.380 e. The molecule has 0 saturated carbocycles. The van der Waals surface area contributed by atoms with Gasteiger partial charge in [0.1, 0.15) is 0 Å². The van der Waals surface area contributed by atoms with Crippen molar-refractivity contribution in [3.05, 3.63) is 47.5 Å². The molecule has 2 nitrogen and oxygen atoms in total.